The molecule has 0 aromatic heterocycles. The zero-order chi connectivity index (χ0) is 23.7. The third kappa shape index (κ3) is 8.01. The Hall–Kier alpha value is -2.85. The van der Waals surface area contributed by atoms with E-state index in [-0.39, 0.29) is 5.41 Å². The molecule has 0 heterocycles. The van der Waals surface area contributed by atoms with E-state index < -0.39 is 20.3 Å². The van der Waals surface area contributed by atoms with E-state index in [1.807, 2.05) is 52.0 Å². The van der Waals surface area contributed by atoms with Gasteiger partial charge in [0.2, 0.25) is 6.10 Å². The SMILES string of the molecule is Cc1ccc(C(C)(C)C)c(OC(=O)C(C)O[P+](=O)O)c1.c1ccc(-c2ccccc2)cc1. The molecule has 32 heavy (non-hydrogen) atoms. The van der Waals surface area contributed by atoms with Crippen LogP contribution in [0.2, 0.25) is 0 Å². The summed E-state index contributed by atoms with van der Waals surface area (Å²) in [6.45, 7) is 9.31. The van der Waals surface area contributed by atoms with Crippen molar-refractivity contribution < 1.29 is 23.5 Å². The third-order valence-electron chi connectivity index (χ3n) is 4.62. The molecule has 0 amide bonds. The molecule has 168 valence electrons. The van der Waals surface area contributed by atoms with Crippen LogP contribution in [0.1, 0.15) is 38.8 Å². The van der Waals surface area contributed by atoms with E-state index in [0.29, 0.717) is 5.75 Å². The standard InChI is InChI=1S/C14H19O5P.C12H10/c1-9-6-7-11(14(3,4)5)12(8-9)18-13(15)10(2)19-20(16)17;1-3-7-11(8-4-1)12-9-5-2-6-10-12/h6-8,10H,1-5H3;1-10H/p+1. The smallest absolute Gasteiger partial charge is 0.424 e. The molecule has 0 aliphatic rings. The fourth-order valence-electron chi connectivity index (χ4n) is 2.96. The van der Waals surface area contributed by atoms with Crippen LogP contribution in [-0.4, -0.2) is 17.0 Å². The van der Waals surface area contributed by atoms with Gasteiger partial charge in [0.1, 0.15) is 5.75 Å². The highest BCUT2D eigenvalue weighted by Gasteiger charge is 2.29. The Balaban J connectivity index is 0.000000255. The summed E-state index contributed by atoms with van der Waals surface area (Å²) in [5, 5.41) is 0. The van der Waals surface area contributed by atoms with Gasteiger partial charge < -0.3 is 4.74 Å². The molecule has 2 unspecified atom stereocenters. The molecule has 5 nitrogen and oxygen atoms in total. The van der Waals surface area contributed by atoms with Gasteiger partial charge in [-0.2, -0.15) is 0 Å². The lowest BCUT2D eigenvalue weighted by molar-refractivity contribution is -0.141. The number of carbonyl (C=O) groups excluding carboxylic acids is 1. The maximum absolute atomic E-state index is 11.9. The number of carbonyl (C=O) groups is 1. The zero-order valence-corrected chi connectivity index (χ0v) is 20.0. The maximum Gasteiger partial charge on any atom is 0.695 e. The summed E-state index contributed by atoms with van der Waals surface area (Å²) in [7, 11) is -2.83. The zero-order valence-electron chi connectivity index (χ0n) is 19.1. The van der Waals surface area contributed by atoms with E-state index in [4.69, 9.17) is 9.63 Å². The minimum atomic E-state index is -2.83. The molecular formula is C26H30O5P+. The number of ether oxygens (including phenoxy) is 1. The largest absolute Gasteiger partial charge is 0.695 e. The molecule has 0 radical (unpaired) electrons. The molecule has 0 spiro atoms. The van der Waals surface area contributed by atoms with Gasteiger partial charge in [-0.1, -0.05) is 93.6 Å². The molecule has 0 fully saturated rings. The van der Waals surface area contributed by atoms with Crippen molar-refractivity contribution in [1.29, 1.82) is 0 Å². The van der Waals surface area contributed by atoms with E-state index in [1.165, 1.54) is 18.1 Å². The summed E-state index contributed by atoms with van der Waals surface area (Å²) >= 11 is 0. The van der Waals surface area contributed by atoms with E-state index in [2.05, 4.69) is 53.1 Å². The van der Waals surface area contributed by atoms with Crippen LogP contribution in [0.25, 0.3) is 11.1 Å². The molecule has 3 aromatic rings. The van der Waals surface area contributed by atoms with Crippen LogP contribution >= 0.6 is 8.25 Å². The number of hydrogen-bond donors (Lipinski definition) is 1. The van der Waals surface area contributed by atoms with Crippen molar-refractivity contribution in [2.75, 3.05) is 0 Å². The molecule has 0 bridgehead atoms. The van der Waals surface area contributed by atoms with Crippen molar-refractivity contribution in [3.63, 3.8) is 0 Å². The van der Waals surface area contributed by atoms with Gasteiger partial charge in [0.25, 0.3) is 0 Å². The molecule has 3 aromatic carbocycles. The van der Waals surface area contributed by atoms with E-state index in [0.717, 1.165) is 11.1 Å². The van der Waals surface area contributed by atoms with Crippen molar-refractivity contribution in [1.82, 2.24) is 0 Å². The van der Waals surface area contributed by atoms with E-state index >= 15 is 0 Å². The summed E-state index contributed by atoms with van der Waals surface area (Å²) in [6.07, 6.45) is -1.10. The van der Waals surface area contributed by atoms with Gasteiger partial charge in [0.05, 0.1) is 0 Å². The predicted octanol–water partition coefficient (Wildman–Crippen LogP) is 6.61. The highest BCUT2D eigenvalue weighted by atomic mass is 31.1. The lowest BCUT2D eigenvalue weighted by atomic mass is 9.86. The topological polar surface area (TPSA) is 72.8 Å². The van der Waals surface area contributed by atoms with Gasteiger partial charge >= 0.3 is 14.2 Å². The Morgan fingerprint density at radius 3 is 1.84 bits per heavy atom. The second-order valence-corrected chi connectivity index (χ2v) is 9.07. The summed E-state index contributed by atoms with van der Waals surface area (Å²) in [5.41, 5.74) is 4.21. The van der Waals surface area contributed by atoms with Crippen LogP contribution in [-0.2, 0) is 19.3 Å². The second-order valence-electron chi connectivity index (χ2n) is 8.39. The van der Waals surface area contributed by atoms with Crippen LogP contribution in [0.3, 0.4) is 0 Å². The first-order chi connectivity index (χ1) is 15.1. The predicted molar refractivity (Wildman–Crippen MR) is 128 cm³/mol. The fraction of sp³-hybridized carbons (Fsp3) is 0.269. The summed E-state index contributed by atoms with van der Waals surface area (Å²) in [4.78, 5) is 20.5. The quantitative estimate of drug-likeness (QED) is 0.267. The van der Waals surface area contributed by atoms with Crippen LogP contribution < -0.4 is 4.74 Å². The molecule has 3 rings (SSSR count). The van der Waals surface area contributed by atoms with Crippen molar-refractivity contribution in [3.05, 3.63) is 90.0 Å². The Bertz CT molecular complexity index is 990. The lowest BCUT2D eigenvalue weighted by Crippen LogP contribution is -2.25. The van der Waals surface area contributed by atoms with Crippen LogP contribution in [0.5, 0.6) is 5.75 Å². The number of aryl methyl sites for hydroxylation is 1. The molecule has 0 aliphatic carbocycles. The highest BCUT2D eigenvalue weighted by molar-refractivity contribution is 7.32. The average molecular weight is 453 g/mol. The van der Waals surface area contributed by atoms with E-state index in [1.54, 1.807) is 6.07 Å². The number of benzene rings is 3. The van der Waals surface area contributed by atoms with Gasteiger partial charge in [-0.3, -0.25) is 0 Å². The van der Waals surface area contributed by atoms with Gasteiger partial charge in [-0.25, -0.2) is 4.79 Å². The molecule has 1 N–H and O–H groups in total. The Morgan fingerprint density at radius 2 is 1.41 bits per heavy atom. The van der Waals surface area contributed by atoms with Crippen LogP contribution in [0.15, 0.2) is 78.9 Å². The first kappa shape index (κ1) is 25.4. The van der Waals surface area contributed by atoms with Gasteiger partial charge in [0.15, 0.2) is 0 Å². The molecule has 6 heteroatoms. The third-order valence-corrected chi connectivity index (χ3v) is 5.11. The van der Waals surface area contributed by atoms with E-state index in [9.17, 15) is 9.36 Å². The monoisotopic (exact) mass is 453 g/mol. The van der Waals surface area contributed by atoms with Crippen molar-refractivity contribution in [3.8, 4) is 16.9 Å². The maximum atomic E-state index is 11.9. The summed E-state index contributed by atoms with van der Waals surface area (Å²) < 4.78 is 20.4. The van der Waals surface area contributed by atoms with Gasteiger partial charge in [-0.05, 0) is 42.0 Å². The second kappa shape index (κ2) is 11.7. The van der Waals surface area contributed by atoms with Crippen molar-refractivity contribution in [2.45, 2.75) is 46.1 Å². The Kier molecular flexibility index (Phi) is 9.27. The molecular weight excluding hydrogens is 423 g/mol. The Labute approximate surface area is 191 Å². The number of rotatable bonds is 5. The highest BCUT2D eigenvalue weighted by Crippen LogP contribution is 2.32. The number of hydrogen-bond acceptors (Lipinski definition) is 4. The summed E-state index contributed by atoms with van der Waals surface area (Å²) in [5.74, 6) is -0.246. The van der Waals surface area contributed by atoms with Gasteiger partial charge in [-0.15, -0.1) is 9.42 Å². The molecule has 2 atom stereocenters. The first-order valence-corrected chi connectivity index (χ1v) is 11.5. The minimum absolute atomic E-state index is 0.185. The fourth-order valence-corrected chi connectivity index (χ4v) is 3.32. The lowest BCUT2D eigenvalue weighted by Gasteiger charge is -2.22. The molecule has 0 saturated heterocycles. The summed E-state index contributed by atoms with van der Waals surface area (Å²) in [6, 6.07) is 26.4. The average Bonchev–Trinajstić information content (AvgIpc) is 2.74. The van der Waals surface area contributed by atoms with Gasteiger partial charge in [0, 0.05) is 10.1 Å². The minimum Gasteiger partial charge on any atom is -0.424 e. The molecule has 0 saturated carbocycles. The Morgan fingerprint density at radius 1 is 0.906 bits per heavy atom. The van der Waals surface area contributed by atoms with Crippen LogP contribution in [0.4, 0.5) is 0 Å². The number of esters is 1. The molecule has 0 aliphatic heterocycles. The van der Waals surface area contributed by atoms with Crippen molar-refractivity contribution in [2.24, 2.45) is 0 Å². The van der Waals surface area contributed by atoms with Crippen LogP contribution in [0, 0.1) is 6.92 Å². The van der Waals surface area contributed by atoms with Crippen molar-refractivity contribution >= 4 is 14.2 Å². The first-order valence-electron chi connectivity index (χ1n) is 10.3. The normalized spacial score (nSPS) is 12.2.